The molecule has 0 aromatic carbocycles. The molecule has 1 aliphatic rings. The molecule has 0 aliphatic heterocycles. The molecule has 1 atom stereocenters. The summed E-state index contributed by atoms with van der Waals surface area (Å²) in [5.41, 5.74) is 0.117. The highest BCUT2D eigenvalue weighted by Crippen LogP contribution is 2.36. The Labute approximate surface area is 96.2 Å². The molecule has 3 heteroatoms. The number of hydrogen-bond acceptors (Lipinski definition) is 3. The van der Waals surface area contributed by atoms with E-state index in [0.717, 1.165) is 19.3 Å². The topological polar surface area (TPSA) is 43.4 Å². The van der Waals surface area contributed by atoms with Crippen LogP contribution >= 0.6 is 0 Å². The van der Waals surface area contributed by atoms with Gasteiger partial charge in [0.25, 0.3) is 0 Å². The van der Waals surface area contributed by atoms with E-state index >= 15 is 0 Å². The van der Waals surface area contributed by atoms with Crippen LogP contribution in [0.2, 0.25) is 0 Å². The van der Waals surface area contributed by atoms with Crippen LogP contribution in [0.1, 0.15) is 32.6 Å². The van der Waals surface area contributed by atoms with Gasteiger partial charge in [0.05, 0.1) is 12.7 Å². The van der Waals surface area contributed by atoms with Crippen molar-refractivity contribution >= 4 is 11.8 Å². The molecule has 1 rings (SSSR count). The van der Waals surface area contributed by atoms with Crippen molar-refractivity contribution in [1.29, 1.82) is 0 Å². The van der Waals surface area contributed by atoms with Gasteiger partial charge in [0.2, 0.25) is 0 Å². The van der Waals surface area contributed by atoms with E-state index in [1.165, 1.54) is 7.11 Å². The zero-order chi connectivity index (χ0) is 12.2. The number of carbonyl (C=O) groups excluding carboxylic acids is 2. The van der Waals surface area contributed by atoms with Gasteiger partial charge < -0.3 is 4.74 Å². The van der Waals surface area contributed by atoms with Crippen LogP contribution in [0.3, 0.4) is 0 Å². The number of allylic oxidation sites excluding steroid dienone is 2. The van der Waals surface area contributed by atoms with Gasteiger partial charge in [-0.15, -0.1) is 6.58 Å². The van der Waals surface area contributed by atoms with Crippen molar-refractivity contribution in [1.82, 2.24) is 0 Å². The maximum absolute atomic E-state index is 11.6. The van der Waals surface area contributed by atoms with Gasteiger partial charge in [0, 0.05) is 6.42 Å². The molecule has 0 aromatic rings. The third-order valence-electron chi connectivity index (χ3n) is 3.04. The third kappa shape index (κ3) is 2.81. The molecule has 16 heavy (non-hydrogen) atoms. The van der Waals surface area contributed by atoms with Crippen LogP contribution in [0.4, 0.5) is 0 Å². The van der Waals surface area contributed by atoms with Crippen molar-refractivity contribution in [3.63, 3.8) is 0 Å². The highest BCUT2D eigenvalue weighted by Gasteiger charge is 2.32. The number of esters is 1. The van der Waals surface area contributed by atoms with Gasteiger partial charge in [-0.05, 0) is 24.7 Å². The molecule has 0 amide bonds. The normalized spacial score (nSPS) is 24.9. The van der Waals surface area contributed by atoms with Gasteiger partial charge in [-0.25, -0.2) is 4.79 Å². The van der Waals surface area contributed by atoms with E-state index in [0.29, 0.717) is 6.42 Å². The van der Waals surface area contributed by atoms with Gasteiger partial charge in [0.15, 0.2) is 5.78 Å². The van der Waals surface area contributed by atoms with Crippen LogP contribution in [0, 0.1) is 5.41 Å². The molecule has 0 N–H and O–H groups in total. The van der Waals surface area contributed by atoms with Crippen LogP contribution in [0.15, 0.2) is 24.3 Å². The average molecular weight is 222 g/mol. The van der Waals surface area contributed by atoms with Gasteiger partial charge >= 0.3 is 5.97 Å². The van der Waals surface area contributed by atoms with E-state index in [-0.39, 0.29) is 16.8 Å². The Bertz CT molecular complexity index is 341. The lowest BCUT2D eigenvalue weighted by atomic mass is 9.74. The van der Waals surface area contributed by atoms with E-state index < -0.39 is 5.97 Å². The van der Waals surface area contributed by atoms with Crippen molar-refractivity contribution in [2.24, 2.45) is 5.41 Å². The number of hydrogen-bond donors (Lipinski definition) is 0. The van der Waals surface area contributed by atoms with Crippen molar-refractivity contribution < 1.29 is 14.3 Å². The molecule has 1 unspecified atom stereocenters. The molecule has 0 fully saturated rings. The fraction of sp³-hybridized carbons (Fsp3) is 0.538. The molecule has 0 aromatic heterocycles. The molecule has 1 aliphatic carbocycles. The summed E-state index contributed by atoms with van der Waals surface area (Å²) in [5.74, 6) is -0.627. The molecule has 0 bridgehead atoms. The van der Waals surface area contributed by atoms with Crippen LogP contribution in [0.5, 0.6) is 0 Å². The Kier molecular flexibility index (Phi) is 4.05. The summed E-state index contributed by atoms with van der Waals surface area (Å²) in [4.78, 5) is 23.0. The van der Waals surface area contributed by atoms with E-state index in [2.05, 4.69) is 18.2 Å². The summed E-state index contributed by atoms with van der Waals surface area (Å²) >= 11 is 0. The molecule has 0 radical (unpaired) electrons. The van der Waals surface area contributed by atoms with Crippen molar-refractivity contribution in [2.75, 3.05) is 7.11 Å². The minimum Gasteiger partial charge on any atom is -0.465 e. The van der Waals surface area contributed by atoms with Gasteiger partial charge in [-0.1, -0.05) is 19.1 Å². The minimum atomic E-state index is -0.519. The first-order chi connectivity index (χ1) is 7.52. The van der Waals surface area contributed by atoms with Gasteiger partial charge in [0.1, 0.15) is 0 Å². The Morgan fingerprint density at radius 3 is 2.94 bits per heavy atom. The lowest BCUT2D eigenvalue weighted by Crippen LogP contribution is -2.26. The fourth-order valence-electron chi connectivity index (χ4n) is 1.95. The first-order valence-corrected chi connectivity index (χ1v) is 5.48. The van der Waals surface area contributed by atoms with Crippen LogP contribution < -0.4 is 0 Å². The number of methoxy groups -OCH3 is 1. The maximum atomic E-state index is 11.6. The first-order valence-electron chi connectivity index (χ1n) is 5.48. The molecule has 0 spiro atoms. The van der Waals surface area contributed by atoms with Crippen molar-refractivity contribution in [3.05, 3.63) is 24.3 Å². The summed E-state index contributed by atoms with van der Waals surface area (Å²) in [6, 6.07) is 0. The monoisotopic (exact) mass is 222 g/mol. The Morgan fingerprint density at radius 1 is 1.69 bits per heavy atom. The largest absolute Gasteiger partial charge is 0.465 e. The zero-order valence-electron chi connectivity index (χ0n) is 9.91. The predicted octanol–water partition coefficient (Wildman–Crippen LogP) is 2.42. The first kappa shape index (κ1) is 12.7. The summed E-state index contributed by atoms with van der Waals surface area (Å²) in [5, 5.41) is 0. The number of Topliss-reactive ketones (excluding diaryl/α,β-unsaturated/α-hetero) is 1. The molecular formula is C13H18O3. The standard InChI is InChI=1S/C13H18O3/c1-4-5-7-13(2)8-6-11(14)10(9-13)12(15)16-3/h4,9H,1,5-8H2,2-3H3. The summed E-state index contributed by atoms with van der Waals surface area (Å²) < 4.78 is 4.61. The lowest BCUT2D eigenvalue weighted by Gasteiger charge is -2.29. The highest BCUT2D eigenvalue weighted by atomic mass is 16.5. The summed E-state index contributed by atoms with van der Waals surface area (Å²) in [6.07, 6.45) is 6.64. The quantitative estimate of drug-likeness (QED) is 0.417. The molecule has 0 heterocycles. The highest BCUT2D eigenvalue weighted by molar-refractivity contribution is 6.17. The van der Waals surface area contributed by atoms with E-state index in [4.69, 9.17) is 0 Å². The number of ether oxygens (including phenoxy) is 1. The number of rotatable bonds is 4. The number of carbonyl (C=O) groups is 2. The Morgan fingerprint density at radius 2 is 2.38 bits per heavy atom. The predicted molar refractivity (Wildman–Crippen MR) is 61.9 cm³/mol. The Balaban J connectivity index is 2.90. The van der Waals surface area contributed by atoms with Crippen molar-refractivity contribution in [2.45, 2.75) is 32.6 Å². The molecular weight excluding hydrogens is 204 g/mol. The second-order valence-corrected chi connectivity index (χ2v) is 4.45. The Hall–Kier alpha value is -1.38. The summed E-state index contributed by atoms with van der Waals surface area (Å²) in [7, 11) is 1.30. The second-order valence-electron chi connectivity index (χ2n) is 4.45. The smallest absolute Gasteiger partial charge is 0.341 e. The third-order valence-corrected chi connectivity index (χ3v) is 3.04. The fourth-order valence-corrected chi connectivity index (χ4v) is 1.95. The molecule has 3 nitrogen and oxygen atoms in total. The SMILES string of the molecule is C=CCCC1(C)C=C(C(=O)OC)C(=O)CC1. The minimum absolute atomic E-state index is 0.0916. The molecule has 0 saturated carbocycles. The zero-order valence-corrected chi connectivity index (χ0v) is 9.91. The van der Waals surface area contributed by atoms with Crippen LogP contribution in [0.25, 0.3) is 0 Å². The molecule has 88 valence electrons. The van der Waals surface area contributed by atoms with Gasteiger partial charge in [-0.3, -0.25) is 4.79 Å². The van der Waals surface area contributed by atoms with Crippen LogP contribution in [-0.4, -0.2) is 18.9 Å². The van der Waals surface area contributed by atoms with Crippen molar-refractivity contribution in [3.8, 4) is 0 Å². The van der Waals surface area contributed by atoms with E-state index in [9.17, 15) is 9.59 Å². The molecule has 0 saturated heterocycles. The maximum Gasteiger partial charge on any atom is 0.341 e. The summed E-state index contributed by atoms with van der Waals surface area (Å²) in [6.45, 7) is 5.74. The lowest BCUT2D eigenvalue weighted by molar-refractivity contribution is -0.138. The second kappa shape index (κ2) is 5.10. The van der Waals surface area contributed by atoms with E-state index in [1.807, 2.05) is 6.08 Å². The average Bonchev–Trinajstić information content (AvgIpc) is 2.29. The van der Waals surface area contributed by atoms with Crippen LogP contribution in [-0.2, 0) is 14.3 Å². The van der Waals surface area contributed by atoms with E-state index in [1.54, 1.807) is 6.08 Å². The number of ketones is 1. The van der Waals surface area contributed by atoms with Gasteiger partial charge in [-0.2, -0.15) is 0 Å².